The second-order valence-corrected chi connectivity index (χ2v) is 6.82. The molecular weight excluding hydrogens is 413 g/mol. The molecule has 0 aliphatic heterocycles. The van der Waals surface area contributed by atoms with Crippen molar-refractivity contribution in [3.05, 3.63) is 55.0 Å². The summed E-state index contributed by atoms with van der Waals surface area (Å²) >= 11 is 17.4. The highest BCUT2D eigenvalue weighted by Gasteiger charge is 2.19. The number of aromatic nitrogens is 3. The van der Waals surface area contributed by atoms with Gasteiger partial charge in [0.2, 0.25) is 0 Å². The minimum absolute atomic E-state index is 0.0685. The molecule has 0 saturated carbocycles. The quantitative estimate of drug-likeness (QED) is 0.603. The van der Waals surface area contributed by atoms with E-state index < -0.39 is 11.5 Å². The Kier molecular flexibility index (Phi) is 5.61. The third-order valence-electron chi connectivity index (χ3n) is 3.91. The van der Waals surface area contributed by atoms with Crippen molar-refractivity contribution in [1.29, 1.82) is 0 Å². The largest absolute Gasteiger partial charge is 0.478 e. The molecule has 0 fully saturated rings. The monoisotopic (exact) mass is 425 g/mol. The fourth-order valence-corrected chi connectivity index (χ4v) is 3.44. The minimum atomic E-state index is -1.27. The number of aromatic amines is 1. The van der Waals surface area contributed by atoms with E-state index in [1.54, 1.807) is 12.1 Å². The lowest BCUT2D eigenvalue weighted by Crippen LogP contribution is -2.20. The number of aromatic carboxylic acids is 1. The van der Waals surface area contributed by atoms with Gasteiger partial charge in [-0.3, -0.25) is 9.78 Å². The zero-order chi connectivity index (χ0) is 19.7. The summed E-state index contributed by atoms with van der Waals surface area (Å²) in [4.78, 5) is 31.2. The van der Waals surface area contributed by atoms with Crippen LogP contribution in [0.3, 0.4) is 0 Å². The summed E-state index contributed by atoms with van der Waals surface area (Å²) in [6.45, 7) is 0.581. The molecule has 27 heavy (non-hydrogen) atoms. The smallest absolute Gasteiger partial charge is 0.336 e. The molecule has 2 aromatic heterocycles. The zero-order valence-corrected chi connectivity index (χ0v) is 16.3. The number of halogens is 2. The summed E-state index contributed by atoms with van der Waals surface area (Å²) in [5, 5.41) is 10.3. The molecular formula is C17H13Cl2N3O4S. The van der Waals surface area contributed by atoms with Gasteiger partial charge in [-0.25, -0.2) is 9.78 Å². The molecule has 7 nitrogen and oxygen atoms in total. The van der Waals surface area contributed by atoms with Crippen molar-refractivity contribution in [2.24, 2.45) is 0 Å². The van der Waals surface area contributed by atoms with E-state index in [2.05, 4.69) is 9.97 Å². The van der Waals surface area contributed by atoms with Crippen molar-refractivity contribution >= 4 is 52.4 Å². The van der Waals surface area contributed by atoms with Gasteiger partial charge in [-0.05, 0) is 36.5 Å². The number of pyridine rings is 1. The predicted molar refractivity (Wildman–Crippen MR) is 105 cm³/mol. The highest BCUT2D eigenvalue weighted by molar-refractivity contribution is 7.71. The summed E-state index contributed by atoms with van der Waals surface area (Å²) in [6, 6.07) is 6.08. The molecule has 0 amide bonds. The second kappa shape index (κ2) is 7.77. The maximum atomic E-state index is 12.4. The topological polar surface area (TPSA) is 97.2 Å². The molecule has 2 N–H and O–H groups in total. The van der Waals surface area contributed by atoms with Crippen LogP contribution in [0.25, 0.3) is 22.3 Å². The highest BCUT2D eigenvalue weighted by atomic mass is 35.5. The van der Waals surface area contributed by atoms with Crippen molar-refractivity contribution in [3.63, 3.8) is 0 Å². The lowest BCUT2D eigenvalue weighted by Gasteiger charge is -2.13. The van der Waals surface area contributed by atoms with Crippen molar-refractivity contribution in [3.8, 4) is 11.3 Å². The maximum absolute atomic E-state index is 12.4. The number of rotatable bonds is 5. The summed E-state index contributed by atoms with van der Waals surface area (Å²) in [6.07, 6.45) is 0. The number of fused-ring (bicyclic) bond motifs is 1. The average Bonchev–Trinajstić information content (AvgIpc) is 2.60. The van der Waals surface area contributed by atoms with Gasteiger partial charge in [0.15, 0.2) is 4.77 Å². The molecule has 0 spiro atoms. The second-order valence-electron chi connectivity index (χ2n) is 5.59. The number of nitrogens with zero attached hydrogens (tertiary/aromatic N) is 2. The fourth-order valence-electron chi connectivity index (χ4n) is 2.67. The number of carboxylic acids is 1. The van der Waals surface area contributed by atoms with E-state index in [0.717, 1.165) is 0 Å². The lowest BCUT2D eigenvalue weighted by molar-refractivity contribution is 0.0699. The Hall–Kier alpha value is -2.26. The molecule has 0 saturated heterocycles. The van der Waals surface area contributed by atoms with Crippen LogP contribution in [0.2, 0.25) is 10.0 Å². The van der Waals surface area contributed by atoms with Crippen LogP contribution in [0.5, 0.6) is 0 Å². The van der Waals surface area contributed by atoms with Gasteiger partial charge in [0, 0.05) is 17.7 Å². The molecule has 140 valence electrons. The van der Waals surface area contributed by atoms with E-state index in [-0.39, 0.29) is 33.6 Å². The Bertz CT molecular complexity index is 1170. The fraction of sp³-hybridized carbons (Fsp3) is 0.176. The van der Waals surface area contributed by atoms with Crippen LogP contribution in [0.1, 0.15) is 10.4 Å². The number of benzene rings is 1. The molecule has 0 atom stereocenters. The number of carbonyl (C=O) groups is 1. The zero-order valence-electron chi connectivity index (χ0n) is 14.0. The molecule has 0 aliphatic carbocycles. The number of H-pyrrole nitrogens is 1. The van der Waals surface area contributed by atoms with Gasteiger partial charge < -0.3 is 14.4 Å². The normalized spacial score (nSPS) is 11.1. The van der Waals surface area contributed by atoms with Crippen LogP contribution in [0.4, 0.5) is 0 Å². The first-order valence-electron chi connectivity index (χ1n) is 7.69. The Balaban J connectivity index is 2.42. The number of ether oxygens (including phenoxy) is 1. The molecule has 0 aliphatic rings. The van der Waals surface area contributed by atoms with Crippen LogP contribution >= 0.6 is 35.4 Å². The van der Waals surface area contributed by atoms with Crippen molar-refractivity contribution < 1.29 is 14.6 Å². The SMILES string of the molecule is COCCn1c(=S)[nH]c(=O)c2c(C(=O)O)cc(-c3ccc(Cl)cc3Cl)nc21. The summed E-state index contributed by atoms with van der Waals surface area (Å²) in [5.41, 5.74) is 0.0789. The van der Waals surface area contributed by atoms with Gasteiger partial charge >= 0.3 is 5.97 Å². The van der Waals surface area contributed by atoms with Crippen LogP contribution in [0.15, 0.2) is 29.1 Å². The van der Waals surface area contributed by atoms with E-state index in [1.807, 2.05) is 0 Å². The highest BCUT2D eigenvalue weighted by Crippen LogP contribution is 2.31. The van der Waals surface area contributed by atoms with Gasteiger partial charge in [0.25, 0.3) is 5.56 Å². The van der Waals surface area contributed by atoms with Gasteiger partial charge in [0.1, 0.15) is 5.65 Å². The Morgan fingerprint density at radius 3 is 2.74 bits per heavy atom. The first kappa shape index (κ1) is 19.5. The van der Waals surface area contributed by atoms with E-state index in [0.29, 0.717) is 22.2 Å². The van der Waals surface area contributed by atoms with E-state index in [4.69, 9.17) is 40.2 Å². The number of hydrogen-bond donors (Lipinski definition) is 2. The van der Waals surface area contributed by atoms with Gasteiger partial charge in [0.05, 0.1) is 34.8 Å². The van der Waals surface area contributed by atoms with Crippen molar-refractivity contribution in [2.75, 3.05) is 13.7 Å². The third kappa shape index (κ3) is 3.74. The lowest BCUT2D eigenvalue weighted by atomic mass is 10.1. The van der Waals surface area contributed by atoms with E-state index in [9.17, 15) is 14.7 Å². The first-order chi connectivity index (χ1) is 12.8. The Morgan fingerprint density at radius 1 is 1.37 bits per heavy atom. The molecule has 3 rings (SSSR count). The third-order valence-corrected chi connectivity index (χ3v) is 4.78. The first-order valence-corrected chi connectivity index (χ1v) is 8.85. The summed E-state index contributed by atoms with van der Waals surface area (Å²) in [7, 11) is 1.52. The van der Waals surface area contributed by atoms with Crippen LogP contribution in [0, 0.1) is 4.77 Å². The molecule has 1 aromatic carbocycles. The van der Waals surface area contributed by atoms with E-state index >= 15 is 0 Å². The van der Waals surface area contributed by atoms with E-state index in [1.165, 1.54) is 23.8 Å². The number of carboxylic acid groups (broad SMARTS) is 1. The van der Waals surface area contributed by atoms with Crippen LogP contribution in [-0.2, 0) is 11.3 Å². The van der Waals surface area contributed by atoms with Crippen LogP contribution < -0.4 is 5.56 Å². The maximum Gasteiger partial charge on any atom is 0.336 e. The van der Waals surface area contributed by atoms with Crippen LogP contribution in [-0.4, -0.2) is 39.3 Å². The predicted octanol–water partition coefficient (Wildman–Crippen LogP) is 3.77. The summed E-state index contributed by atoms with van der Waals surface area (Å²) in [5.74, 6) is -1.27. The number of methoxy groups -OCH3 is 1. The molecule has 0 radical (unpaired) electrons. The Morgan fingerprint density at radius 2 is 2.11 bits per heavy atom. The van der Waals surface area contributed by atoms with Gasteiger partial charge in [-0.15, -0.1) is 0 Å². The summed E-state index contributed by atoms with van der Waals surface area (Å²) < 4.78 is 6.71. The molecule has 10 heteroatoms. The minimum Gasteiger partial charge on any atom is -0.478 e. The van der Waals surface area contributed by atoms with Gasteiger partial charge in [-0.1, -0.05) is 23.2 Å². The average molecular weight is 426 g/mol. The molecule has 2 heterocycles. The molecule has 0 unspecified atom stereocenters. The van der Waals surface area contributed by atoms with Crippen molar-refractivity contribution in [2.45, 2.75) is 6.54 Å². The molecule has 3 aromatic rings. The van der Waals surface area contributed by atoms with Crippen molar-refractivity contribution in [1.82, 2.24) is 14.5 Å². The molecule has 0 bridgehead atoms. The number of nitrogens with one attached hydrogen (secondary N) is 1. The van der Waals surface area contributed by atoms with Gasteiger partial charge in [-0.2, -0.15) is 0 Å². The number of hydrogen-bond acceptors (Lipinski definition) is 5. The Labute approximate surface area is 168 Å². The standard InChI is InChI=1S/C17H13Cl2N3O4S/c1-26-5-4-22-14-13(15(23)21-17(22)27)10(16(24)25)7-12(20-14)9-3-2-8(18)6-11(9)19/h2-3,6-7H,4-5H2,1H3,(H,24,25)(H,21,23,27).